The Morgan fingerprint density at radius 1 is 0.688 bits per heavy atom. The summed E-state index contributed by atoms with van der Waals surface area (Å²) in [5, 5.41) is 26.8. The topological polar surface area (TPSA) is 72.3 Å². The Labute approximate surface area is 96.0 Å². The molecule has 2 aliphatic rings. The number of azo groups is 1. The lowest BCUT2D eigenvalue weighted by molar-refractivity contribution is 0.459. The van der Waals surface area contributed by atoms with Gasteiger partial charge in [0.05, 0.1) is 12.1 Å². The molecule has 0 aromatic rings. The van der Waals surface area contributed by atoms with Crippen LogP contribution in [0.4, 0.5) is 0 Å². The summed E-state index contributed by atoms with van der Waals surface area (Å²) in [7, 11) is 0. The van der Waals surface area contributed by atoms with Crippen LogP contribution in [0.25, 0.3) is 0 Å². The lowest BCUT2D eigenvalue weighted by Gasteiger charge is -2.17. The summed E-state index contributed by atoms with van der Waals surface area (Å²) in [5.41, 5.74) is -1.24. The van der Waals surface area contributed by atoms with Gasteiger partial charge in [-0.1, -0.05) is 0 Å². The van der Waals surface area contributed by atoms with Gasteiger partial charge in [-0.15, -0.1) is 0 Å². The van der Waals surface area contributed by atoms with Crippen LogP contribution in [0, 0.1) is 22.7 Å². The van der Waals surface area contributed by atoms with Gasteiger partial charge in [-0.2, -0.15) is 20.8 Å². The smallest absolute Gasteiger partial charge is 0.167 e. The minimum atomic E-state index is -0.619. The highest BCUT2D eigenvalue weighted by molar-refractivity contribution is 5.13. The van der Waals surface area contributed by atoms with Crippen molar-refractivity contribution in [2.24, 2.45) is 10.2 Å². The third kappa shape index (κ3) is 1.93. The predicted molar refractivity (Wildman–Crippen MR) is 58.5 cm³/mol. The zero-order chi connectivity index (χ0) is 11.5. The van der Waals surface area contributed by atoms with Crippen molar-refractivity contribution in [3.8, 4) is 12.1 Å². The molecule has 4 nitrogen and oxygen atoms in total. The third-order valence-corrected chi connectivity index (χ3v) is 3.71. The summed E-state index contributed by atoms with van der Waals surface area (Å²) in [5.74, 6) is 0. The number of hydrogen-bond donors (Lipinski definition) is 0. The lowest BCUT2D eigenvalue weighted by atomic mass is 10.0. The first-order chi connectivity index (χ1) is 7.74. The average molecular weight is 216 g/mol. The fourth-order valence-electron chi connectivity index (χ4n) is 2.58. The maximum Gasteiger partial charge on any atom is 0.167 e. The van der Waals surface area contributed by atoms with Crippen molar-refractivity contribution in [2.45, 2.75) is 62.4 Å². The number of nitrogens with zero attached hydrogens (tertiary/aromatic N) is 4. The summed E-state index contributed by atoms with van der Waals surface area (Å²) in [6.45, 7) is 0. The van der Waals surface area contributed by atoms with E-state index in [4.69, 9.17) is 10.5 Å². The molecule has 0 aromatic carbocycles. The van der Waals surface area contributed by atoms with Crippen molar-refractivity contribution in [1.82, 2.24) is 0 Å². The van der Waals surface area contributed by atoms with Crippen molar-refractivity contribution in [2.75, 3.05) is 0 Å². The summed E-state index contributed by atoms with van der Waals surface area (Å²) in [6, 6.07) is 4.55. The Kier molecular flexibility index (Phi) is 2.92. The van der Waals surface area contributed by atoms with Crippen molar-refractivity contribution in [3.63, 3.8) is 0 Å². The first kappa shape index (κ1) is 11.1. The fourth-order valence-corrected chi connectivity index (χ4v) is 2.58. The van der Waals surface area contributed by atoms with Crippen LogP contribution in [0.1, 0.15) is 51.4 Å². The van der Waals surface area contributed by atoms with E-state index in [9.17, 15) is 0 Å². The zero-order valence-electron chi connectivity index (χ0n) is 9.45. The molecule has 0 spiro atoms. The largest absolute Gasteiger partial charge is 0.196 e. The summed E-state index contributed by atoms with van der Waals surface area (Å²) >= 11 is 0. The van der Waals surface area contributed by atoms with Gasteiger partial charge >= 0.3 is 0 Å². The molecule has 16 heavy (non-hydrogen) atoms. The number of hydrogen-bond acceptors (Lipinski definition) is 4. The minimum absolute atomic E-state index is 0.619. The molecule has 0 bridgehead atoms. The molecule has 0 unspecified atom stereocenters. The molecule has 0 saturated heterocycles. The fraction of sp³-hybridized carbons (Fsp3) is 0.833. The molecular formula is C12H16N4. The van der Waals surface area contributed by atoms with E-state index >= 15 is 0 Å². The van der Waals surface area contributed by atoms with E-state index in [0.29, 0.717) is 0 Å². The molecule has 0 heterocycles. The summed E-state index contributed by atoms with van der Waals surface area (Å²) in [4.78, 5) is 0. The van der Waals surface area contributed by atoms with E-state index < -0.39 is 11.1 Å². The summed E-state index contributed by atoms with van der Waals surface area (Å²) in [6.07, 6.45) is 7.39. The lowest BCUT2D eigenvalue weighted by Crippen LogP contribution is -2.23. The van der Waals surface area contributed by atoms with Gasteiger partial charge < -0.3 is 0 Å². The zero-order valence-corrected chi connectivity index (χ0v) is 9.45. The maximum atomic E-state index is 9.16. The predicted octanol–water partition coefficient (Wildman–Crippen LogP) is 3.11. The molecule has 2 saturated carbocycles. The van der Waals surface area contributed by atoms with E-state index in [1.807, 2.05) is 0 Å². The second-order valence-electron chi connectivity index (χ2n) is 4.90. The average Bonchev–Trinajstić information content (AvgIpc) is 2.97. The van der Waals surface area contributed by atoms with E-state index in [1.54, 1.807) is 0 Å². The molecular weight excluding hydrogens is 200 g/mol. The molecule has 2 fully saturated rings. The van der Waals surface area contributed by atoms with Crippen LogP contribution >= 0.6 is 0 Å². The Hall–Kier alpha value is -1.42. The molecule has 84 valence electrons. The quantitative estimate of drug-likeness (QED) is 0.665. The van der Waals surface area contributed by atoms with Gasteiger partial charge in [0.1, 0.15) is 0 Å². The standard InChI is InChI=1S/C12H16N4/c13-9-11(5-1-2-6-11)15-16-12(10-14)7-3-4-8-12/h1-8H2. The first-order valence-electron chi connectivity index (χ1n) is 6.01. The van der Waals surface area contributed by atoms with Gasteiger partial charge in [-0.25, -0.2) is 0 Å². The van der Waals surface area contributed by atoms with Crippen molar-refractivity contribution in [3.05, 3.63) is 0 Å². The van der Waals surface area contributed by atoms with Crippen LogP contribution in [0.2, 0.25) is 0 Å². The third-order valence-electron chi connectivity index (χ3n) is 3.71. The van der Waals surface area contributed by atoms with E-state index in [-0.39, 0.29) is 0 Å². The monoisotopic (exact) mass is 216 g/mol. The summed E-state index contributed by atoms with van der Waals surface area (Å²) < 4.78 is 0. The molecule has 0 amide bonds. The molecule has 0 aromatic heterocycles. The molecule has 2 rings (SSSR count). The van der Waals surface area contributed by atoms with Gasteiger partial charge in [0.25, 0.3) is 0 Å². The number of nitriles is 2. The van der Waals surface area contributed by atoms with Crippen molar-refractivity contribution < 1.29 is 0 Å². The minimum Gasteiger partial charge on any atom is -0.196 e. The second kappa shape index (κ2) is 4.22. The first-order valence-corrected chi connectivity index (χ1v) is 6.01. The van der Waals surface area contributed by atoms with Gasteiger partial charge in [0.15, 0.2) is 11.1 Å². The van der Waals surface area contributed by atoms with Crippen LogP contribution < -0.4 is 0 Å². The van der Waals surface area contributed by atoms with E-state index in [0.717, 1.165) is 51.4 Å². The van der Waals surface area contributed by atoms with Gasteiger partial charge in [0, 0.05) is 0 Å². The Morgan fingerprint density at radius 3 is 1.25 bits per heavy atom. The van der Waals surface area contributed by atoms with Crippen LogP contribution in [-0.4, -0.2) is 11.1 Å². The highest BCUT2D eigenvalue weighted by Gasteiger charge is 2.38. The molecule has 2 aliphatic carbocycles. The Morgan fingerprint density at radius 2 is 1.00 bits per heavy atom. The molecule has 0 aliphatic heterocycles. The normalized spacial score (nSPS) is 26.6. The number of rotatable bonds is 2. The van der Waals surface area contributed by atoms with Crippen molar-refractivity contribution >= 4 is 0 Å². The van der Waals surface area contributed by atoms with Gasteiger partial charge in [-0.3, -0.25) is 0 Å². The highest BCUT2D eigenvalue weighted by atomic mass is 15.2. The van der Waals surface area contributed by atoms with Crippen LogP contribution in [-0.2, 0) is 0 Å². The van der Waals surface area contributed by atoms with Gasteiger partial charge in [0.2, 0.25) is 0 Å². The second-order valence-corrected chi connectivity index (χ2v) is 4.90. The molecule has 0 atom stereocenters. The maximum absolute atomic E-state index is 9.16. The van der Waals surface area contributed by atoms with Crippen LogP contribution in [0.5, 0.6) is 0 Å². The van der Waals surface area contributed by atoms with Crippen molar-refractivity contribution in [1.29, 1.82) is 10.5 Å². The van der Waals surface area contributed by atoms with Gasteiger partial charge in [-0.05, 0) is 51.4 Å². The van der Waals surface area contributed by atoms with E-state index in [1.165, 1.54) is 0 Å². The highest BCUT2D eigenvalue weighted by Crippen LogP contribution is 2.37. The SMILES string of the molecule is N#CC1(N=NC2(C#N)CCCC2)CCCC1. The Bertz CT molecular complexity index is 323. The van der Waals surface area contributed by atoms with Crippen LogP contribution in [0.3, 0.4) is 0 Å². The van der Waals surface area contributed by atoms with E-state index in [2.05, 4.69) is 22.4 Å². The Balaban J connectivity index is 2.14. The molecule has 4 heteroatoms. The molecule has 0 radical (unpaired) electrons. The van der Waals surface area contributed by atoms with Crippen LogP contribution in [0.15, 0.2) is 10.2 Å². The molecule has 0 N–H and O–H groups in total.